The molecule has 5 heteroatoms. The number of rotatable bonds is 0. The van der Waals surface area contributed by atoms with Crippen molar-refractivity contribution < 1.29 is 9.18 Å². The number of hydrogen-bond acceptors (Lipinski definition) is 3. The van der Waals surface area contributed by atoms with E-state index in [1.807, 2.05) is 7.05 Å². The summed E-state index contributed by atoms with van der Waals surface area (Å²) in [5, 5.41) is 6.33. The first-order chi connectivity index (χ1) is 8.62. The smallest absolute Gasteiger partial charge is 0.255 e. The first-order valence-corrected chi connectivity index (χ1v) is 6.19. The molecule has 1 atom stereocenters. The van der Waals surface area contributed by atoms with Crippen LogP contribution in [0, 0.1) is 5.82 Å². The summed E-state index contributed by atoms with van der Waals surface area (Å²) in [4.78, 5) is 14.2. The first-order valence-electron chi connectivity index (χ1n) is 6.19. The van der Waals surface area contributed by atoms with Crippen molar-refractivity contribution >= 4 is 11.6 Å². The van der Waals surface area contributed by atoms with Gasteiger partial charge in [0.15, 0.2) is 0 Å². The van der Waals surface area contributed by atoms with Gasteiger partial charge in [-0.15, -0.1) is 0 Å². The fourth-order valence-corrected chi connectivity index (χ4v) is 2.86. The van der Waals surface area contributed by atoms with Crippen molar-refractivity contribution in [2.75, 3.05) is 25.0 Å². The molecule has 18 heavy (non-hydrogen) atoms. The number of likely N-dealkylation sites (N-methyl/N-ethyl adjacent to an activating group) is 1. The van der Waals surface area contributed by atoms with Crippen LogP contribution in [-0.2, 0) is 0 Å². The molecule has 0 aromatic heterocycles. The molecule has 2 aliphatic heterocycles. The Morgan fingerprint density at radius 3 is 3.00 bits per heavy atom. The lowest BCUT2D eigenvalue weighted by Crippen LogP contribution is -2.69. The number of hydrogen-bond donors (Lipinski definition) is 2. The second-order valence-electron chi connectivity index (χ2n) is 4.99. The summed E-state index contributed by atoms with van der Waals surface area (Å²) in [6.45, 7) is 1.69. The van der Waals surface area contributed by atoms with Crippen LogP contribution in [0.4, 0.5) is 10.1 Å². The Kier molecular flexibility index (Phi) is 2.52. The second-order valence-corrected chi connectivity index (χ2v) is 4.99. The van der Waals surface area contributed by atoms with Gasteiger partial charge in [0.2, 0.25) is 0 Å². The van der Waals surface area contributed by atoms with Gasteiger partial charge in [-0.25, -0.2) is 4.39 Å². The van der Waals surface area contributed by atoms with Crippen LogP contribution in [-0.4, -0.2) is 31.7 Å². The molecule has 1 spiro atoms. The topological polar surface area (TPSA) is 44.4 Å². The molecule has 2 heterocycles. The SMILES string of the molecule is CN1c2ccc(F)cc2C(=O)N[C@]12CCCNC2. The number of piperidine rings is 1. The van der Waals surface area contributed by atoms with Gasteiger partial charge in [-0.1, -0.05) is 0 Å². The Hall–Kier alpha value is -1.62. The molecular weight excluding hydrogens is 233 g/mol. The third-order valence-corrected chi connectivity index (χ3v) is 3.91. The zero-order chi connectivity index (χ0) is 12.8. The molecule has 0 bridgehead atoms. The minimum atomic E-state index is -0.380. The first kappa shape index (κ1) is 11.5. The van der Waals surface area contributed by atoms with E-state index in [4.69, 9.17) is 0 Å². The highest BCUT2D eigenvalue weighted by Gasteiger charge is 2.42. The summed E-state index contributed by atoms with van der Waals surface area (Å²) in [5.74, 6) is -0.568. The molecule has 1 aromatic carbocycles. The number of benzene rings is 1. The van der Waals surface area contributed by atoms with Gasteiger partial charge in [0.05, 0.1) is 11.3 Å². The van der Waals surface area contributed by atoms with Crippen LogP contribution in [0.2, 0.25) is 0 Å². The van der Waals surface area contributed by atoms with Crippen molar-refractivity contribution in [3.8, 4) is 0 Å². The van der Waals surface area contributed by atoms with Crippen LogP contribution in [0.5, 0.6) is 0 Å². The van der Waals surface area contributed by atoms with Gasteiger partial charge in [0.1, 0.15) is 11.5 Å². The highest BCUT2D eigenvalue weighted by Crippen LogP contribution is 2.33. The Morgan fingerprint density at radius 2 is 2.28 bits per heavy atom. The van der Waals surface area contributed by atoms with Crippen molar-refractivity contribution in [2.24, 2.45) is 0 Å². The molecule has 0 unspecified atom stereocenters. The van der Waals surface area contributed by atoms with E-state index >= 15 is 0 Å². The van der Waals surface area contributed by atoms with Crippen LogP contribution in [0.3, 0.4) is 0 Å². The molecule has 2 N–H and O–H groups in total. The number of nitrogens with one attached hydrogen (secondary N) is 2. The zero-order valence-corrected chi connectivity index (χ0v) is 10.3. The van der Waals surface area contributed by atoms with E-state index in [1.165, 1.54) is 12.1 Å². The fourth-order valence-electron chi connectivity index (χ4n) is 2.86. The van der Waals surface area contributed by atoms with Gasteiger partial charge in [0, 0.05) is 13.6 Å². The quantitative estimate of drug-likeness (QED) is 0.723. The van der Waals surface area contributed by atoms with E-state index in [-0.39, 0.29) is 17.4 Å². The van der Waals surface area contributed by atoms with Gasteiger partial charge >= 0.3 is 0 Å². The maximum Gasteiger partial charge on any atom is 0.255 e. The maximum atomic E-state index is 13.2. The average Bonchev–Trinajstić information content (AvgIpc) is 2.37. The predicted molar refractivity (Wildman–Crippen MR) is 67.1 cm³/mol. The van der Waals surface area contributed by atoms with Gasteiger partial charge in [-0.2, -0.15) is 0 Å². The molecule has 3 rings (SSSR count). The minimum Gasteiger partial charge on any atom is -0.350 e. The summed E-state index contributed by atoms with van der Waals surface area (Å²) < 4.78 is 13.2. The number of amides is 1. The summed E-state index contributed by atoms with van der Waals surface area (Å²) >= 11 is 0. The fraction of sp³-hybridized carbons (Fsp3) is 0.462. The molecular formula is C13H16FN3O. The van der Waals surface area contributed by atoms with Crippen LogP contribution < -0.4 is 15.5 Å². The van der Waals surface area contributed by atoms with Gasteiger partial charge < -0.3 is 15.5 Å². The van der Waals surface area contributed by atoms with E-state index in [1.54, 1.807) is 6.07 Å². The Balaban J connectivity index is 2.06. The number of carbonyl (C=O) groups excluding carboxylic acids is 1. The van der Waals surface area contributed by atoms with Crippen LogP contribution >= 0.6 is 0 Å². The number of carbonyl (C=O) groups is 1. The monoisotopic (exact) mass is 249 g/mol. The lowest BCUT2D eigenvalue weighted by Gasteiger charge is -2.49. The summed E-state index contributed by atoms with van der Waals surface area (Å²) in [5.41, 5.74) is 0.831. The van der Waals surface area contributed by atoms with E-state index < -0.39 is 0 Å². The predicted octanol–water partition coefficient (Wildman–Crippen LogP) is 1.08. The van der Waals surface area contributed by atoms with Crippen molar-refractivity contribution in [3.63, 3.8) is 0 Å². The average molecular weight is 249 g/mol. The summed E-state index contributed by atoms with van der Waals surface area (Å²) in [6, 6.07) is 4.38. The summed E-state index contributed by atoms with van der Waals surface area (Å²) in [7, 11) is 1.95. The Bertz CT molecular complexity index is 497. The van der Waals surface area contributed by atoms with Crippen molar-refractivity contribution in [3.05, 3.63) is 29.6 Å². The minimum absolute atomic E-state index is 0.189. The van der Waals surface area contributed by atoms with Crippen molar-refractivity contribution in [1.82, 2.24) is 10.6 Å². The number of nitrogens with zero attached hydrogens (tertiary/aromatic N) is 1. The normalized spacial score (nSPS) is 27.0. The van der Waals surface area contributed by atoms with E-state index in [0.29, 0.717) is 12.1 Å². The molecule has 0 saturated carbocycles. The Labute approximate surface area is 105 Å². The number of halogens is 1. The summed E-state index contributed by atoms with van der Waals surface area (Å²) in [6.07, 6.45) is 1.92. The van der Waals surface area contributed by atoms with Crippen molar-refractivity contribution in [1.29, 1.82) is 0 Å². The molecule has 1 amide bonds. The molecule has 1 saturated heterocycles. The molecule has 0 aliphatic carbocycles. The molecule has 0 radical (unpaired) electrons. The highest BCUT2D eigenvalue weighted by atomic mass is 19.1. The second kappa shape index (κ2) is 3.95. The molecule has 1 fully saturated rings. The third-order valence-electron chi connectivity index (χ3n) is 3.91. The zero-order valence-electron chi connectivity index (χ0n) is 10.3. The third kappa shape index (κ3) is 1.58. The lowest BCUT2D eigenvalue weighted by atomic mass is 9.93. The number of anilines is 1. The standard InChI is InChI=1S/C13H16FN3O/c1-17-11-4-3-9(14)7-10(11)12(18)16-13(17)5-2-6-15-8-13/h3-4,7,15H,2,5-6,8H2,1H3,(H,16,18)/t13-/m1/s1. The highest BCUT2D eigenvalue weighted by molar-refractivity contribution is 6.02. The molecule has 4 nitrogen and oxygen atoms in total. The van der Waals surface area contributed by atoms with E-state index in [0.717, 1.165) is 25.1 Å². The molecule has 1 aromatic rings. The Morgan fingerprint density at radius 1 is 1.44 bits per heavy atom. The van der Waals surface area contributed by atoms with Crippen LogP contribution in [0.1, 0.15) is 23.2 Å². The van der Waals surface area contributed by atoms with Gasteiger partial charge in [0.25, 0.3) is 5.91 Å². The van der Waals surface area contributed by atoms with Crippen LogP contribution in [0.25, 0.3) is 0 Å². The maximum absolute atomic E-state index is 13.2. The largest absolute Gasteiger partial charge is 0.350 e. The number of fused-ring (bicyclic) bond motifs is 1. The molecule has 2 aliphatic rings. The molecule has 96 valence electrons. The van der Waals surface area contributed by atoms with Crippen molar-refractivity contribution in [2.45, 2.75) is 18.5 Å². The van der Waals surface area contributed by atoms with E-state index in [9.17, 15) is 9.18 Å². The van der Waals surface area contributed by atoms with E-state index in [2.05, 4.69) is 15.5 Å². The van der Waals surface area contributed by atoms with Gasteiger partial charge in [-0.3, -0.25) is 4.79 Å². The van der Waals surface area contributed by atoms with Gasteiger partial charge in [-0.05, 0) is 37.6 Å². The lowest BCUT2D eigenvalue weighted by molar-refractivity contribution is 0.0860. The van der Waals surface area contributed by atoms with Crippen LogP contribution in [0.15, 0.2) is 18.2 Å².